The van der Waals surface area contributed by atoms with Crippen LogP contribution in [0.5, 0.6) is 0 Å². The Balaban J connectivity index is 1.97. The predicted molar refractivity (Wildman–Crippen MR) is 56.6 cm³/mol. The molecule has 0 spiro atoms. The molecule has 0 fully saturated rings. The standard InChI is InChI=1S/C12H11NO2/c1-9-11(7-12(14)13-9)15-8-10-5-3-2-4-6-10/h2-7H,1,8H2,(H,13,14). The van der Waals surface area contributed by atoms with Crippen LogP contribution in [0.1, 0.15) is 5.56 Å². The highest BCUT2D eigenvalue weighted by Gasteiger charge is 2.16. The van der Waals surface area contributed by atoms with E-state index in [4.69, 9.17) is 4.74 Å². The number of carbonyl (C=O) groups excluding carboxylic acids is 1. The molecule has 1 amide bonds. The fraction of sp³-hybridized carbons (Fsp3) is 0.0833. The Morgan fingerprint density at radius 1 is 1.27 bits per heavy atom. The van der Waals surface area contributed by atoms with Crippen molar-refractivity contribution in [2.75, 3.05) is 0 Å². The van der Waals surface area contributed by atoms with Crippen LogP contribution in [0.25, 0.3) is 0 Å². The van der Waals surface area contributed by atoms with Crippen molar-refractivity contribution < 1.29 is 9.53 Å². The zero-order valence-corrected chi connectivity index (χ0v) is 8.19. The lowest BCUT2D eigenvalue weighted by Gasteiger charge is -2.07. The molecule has 1 aromatic rings. The molecule has 0 saturated carbocycles. The van der Waals surface area contributed by atoms with E-state index in [1.165, 1.54) is 6.08 Å². The quantitative estimate of drug-likeness (QED) is 0.808. The third kappa shape index (κ3) is 2.26. The van der Waals surface area contributed by atoms with Crippen LogP contribution in [0.2, 0.25) is 0 Å². The number of hydrogen-bond donors (Lipinski definition) is 1. The van der Waals surface area contributed by atoms with Crippen LogP contribution in [-0.4, -0.2) is 5.91 Å². The van der Waals surface area contributed by atoms with Crippen LogP contribution in [0.3, 0.4) is 0 Å². The van der Waals surface area contributed by atoms with Crippen LogP contribution >= 0.6 is 0 Å². The maximum atomic E-state index is 10.9. The Labute approximate surface area is 88.1 Å². The van der Waals surface area contributed by atoms with Gasteiger partial charge in [0.15, 0.2) is 0 Å². The molecule has 0 saturated heterocycles. The number of hydrogen-bond acceptors (Lipinski definition) is 2. The maximum absolute atomic E-state index is 10.9. The first-order valence-electron chi connectivity index (χ1n) is 4.64. The Hall–Kier alpha value is -2.03. The molecule has 0 aliphatic carbocycles. The first-order valence-corrected chi connectivity index (χ1v) is 4.64. The second kappa shape index (κ2) is 4.00. The Kier molecular flexibility index (Phi) is 2.54. The Morgan fingerprint density at radius 3 is 2.60 bits per heavy atom. The molecule has 0 unspecified atom stereocenters. The summed E-state index contributed by atoms with van der Waals surface area (Å²) in [7, 11) is 0. The van der Waals surface area contributed by atoms with Crippen molar-refractivity contribution >= 4 is 5.91 Å². The lowest BCUT2D eigenvalue weighted by atomic mass is 10.2. The Morgan fingerprint density at radius 2 is 2.00 bits per heavy atom. The molecular weight excluding hydrogens is 190 g/mol. The van der Waals surface area contributed by atoms with Gasteiger partial charge in [-0.25, -0.2) is 0 Å². The van der Waals surface area contributed by atoms with E-state index in [0.717, 1.165) is 5.56 Å². The zero-order valence-electron chi connectivity index (χ0n) is 8.19. The minimum Gasteiger partial charge on any atom is -0.487 e. The normalized spacial score (nSPS) is 14.8. The van der Waals surface area contributed by atoms with Crippen molar-refractivity contribution in [2.24, 2.45) is 0 Å². The van der Waals surface area contributed by atoms with Crippen molar-refractivity contribution in [2.45, 2.75) is 6.61 Å². The van der Waals surface area contributed by atoms with Crippen molar-refractivity contribution in [3.05, 3.63) is 60.0 Å². The molecule has 1 N–H and O–H groups in total. The van der Waals surface area contributed by atoms with E-state index >= 15 is 0 Å². The second-order valence-electron chi connectivity index (χ2n) is 3.25. The van der Waals surface area contributed by atoms with E-state index in [9.17, 15) is 4.79 Å². The molecule has 76 valence electrons. The van der Waals surface area contributed by atoms with E-state index in [-0.39, 0.29) is 5.91 Å². The lowest BCUT2D eigenvalue weighted by molar-refractivity contribution is -0.115. The summed E-state index contributed by atoms with van der Waals surface area (Å²) in [6.07, 6.45) is 1.41. The molecule has 15 heavy (non-hydrogen) atoms. The molecule has 0 aromatic heterocycles. The summed E-state index contributed by atoms with van der Waals surface area (Å²) in [5, 5.41) is 2.55. The summed E-state index contributed by atoms with van der Waals surface area (Å²) in [6.45, 7) is 4.12. The number of rotatable bonds is 3. The Bertz CT molecular complexity index is 421. The van der Waals surface area contributed by atoms with Crippen molar-refractivity contribution in [1.82, 2.24) is 5.32 Å². The van der Waals surface area contributed by atoms with Gasteiger partial charge >= 0.3 is 0 Å². The molecule has 1 aliphatic heterocycles. The fourth-order valence-electron chi connectivity index (χ4n) is 1.32. The van der Waals surface area contributed by atoms with Gasteiger partial charge in [-0.1, -0.05) is 36.9 Å². The van der Waals surface area contributed by atoms with Gasteiger partial charge in [0.25, 0.3) is 5.91 Å². The predicted octanol–water partition coefficient (Wildman–Crippen LogP) is 1.73. The third-order valence-electron chi connectivity index (χ3n) is 2.07. The topological polar surface area (TPSA) is 38.3 Å². The first kappa shape index (κ1) is 9.52. The zero-order chi connectivity index (χ0) is 10.7. The summed E-state index contributed by atoms with van der Waals surface area (Å²) in [5.74, 6) is 0.340. The van der Waals surface area contributed by atoms with Crippen molar-refractivity contribution in [3.63, 3.8) is 0 Å². The molecule has 0 radical (unpaired) electrons. The van der Waals surface area contributed by atoms with Gasteiger partial charge in [-0.05, 0) is 5.56 Å². The third-order valence-corrected chi connectivity index (χ3v) is 2.07. The number of benzene rings is 1. The molecule has 3 nitrogen and oxygen atoms in total. The highest BCUT2D eigenvalue weighted by Crippen LogP contribution is 2.14. The van der Waals surface area contributed by atoms with Crippen LogP contribution in [0.15, 0.2) is 54.4 Å². The molecule has 0 bridgehead atoms. The summed E-state index contributed by atoms with van der Waals surface area (Å²) in [6, 6.07) is 9.77. The van der Waals surface area contributed by atoms with Crippen LogP contribution in [0, 0.1) is 0 Å². The second-order valence-corrected chi connectivity index (χ2v) is 3.25. The number of nitrogens with one attached hydrogen (secondary N) is 1. The molecular formula is C12H11NO2. The van der Waals surface area contributed by atoms with Crippen LogP contribution in [0.4, 0.5) is 0 Å². The van der Waals surface area contributed by atoms with Gasteiger partial charge in [-0.3, -0.25) is 4.79 Å². The van der Waals surface area contributed by atoms with Gasteiger partial charge in [0, 0.05) is 6.08 Å². The highest BCUT2D eigenvalue weighted by molar-refractivity contribution is 5.93. The molecule has 1 aromatic carbocycles. The molecule has 3 heteroatoms. The maximum Gasteiger partial charge on any atom is 0.252 e. The number of amides is 1. The fourth-order valence-corrected chi connectivity index (χ4v) is 1.32. The molecule has 0 atom stereocenters. The minimum absolute atomic E-state index is 0.178. The average molecular weight is 201 g/mol. The van der Waals surface area contributed by atoms with Crippen LogP contribution < -0.4 is 5.32 Å². The van der Waals surface area contributed by atoms with Crippen molar-refractivity contribution in [3.8, 4) is 0 Å². The summed E-state index contributed by atoms with van der Waals surface area (Å²) in [5.41, 5.74) is 1.58. The van der Waals surface area contributed by atoms with Gasteiger partial charge in [0.05, 0.1) is 5.70 Å². The first-order chi connectivity index (χ1) is 7.25. The van der Waals surface area contributed by atoms with Gasteiger partial charge in [0.1, 0.15) is 12.4 Å². The van der Waals surface area contributed by atoms with E-state index < -0.39 is 0 Å². The van der Waals surface area contributed by atoms with Gasteiger partial charge < -0.3 is 10.1 Å². The number of ether oxygens (including phenoxy) is 1. The number of carbonyl (C=O) groups is 1. The van der Waals surface area contributed by atoms with E-state index in [1.54, 1.807) is 0 Å². The van der Waals surface area contributed by atoms with Crippen LogP contribution in [-0.2, 0) is 16.1 Å². The van der Waals surface area contributed by atoms with E-state index in [1.807, 2.05) is 30.3 Å². The summed E-state index contributed by atoms with van der Waals surface area (Å²) < 4.78 is 5.45. The van der Waals surface area contributed by atoms with Gasteiger partial charge in [-0.15, -0.1) is 0 Å². The van der Waals surface area contributed by atoms with E-state index in [2.05, 4.69) is 11.9 Å². The average Bonchev–Trinajstić information content (AvgIpc) is 2.56. The summed E-state index contributed by atoms with van der Waals surface area (Å²) in [4.78, 5) is 10.9. The molecule has 1 aliphatic rings. The lowest BCUT2D eigenvalue weighted by Crippen LogP contribution is -2.12. The monoisotopic (exact) mass is 201 g/mol. The molecule has 1 heterocycles. The SMILES string of the molecule is C=C1NC(=O)C=C1OCc1ccccc1. The largest absolute Gasteiger partial charge is 0.487 e. The smallest absolute Gasteiger partial charge is 0.252 e. The minimum atomic E-state index is -0.178. The van der Waals surface area contributed by atoms with Gasteiger partial charge in [0.2, 0.25) is 0 Å². The van der Waals surface area contributed by atoms with Gasteiger partial charge in [-0.2, -0.15) is 0 Å². The van der Waals surface area contributed by atoms with Crippen molar-refractivity contribution in [1.29, 1.82) is 0 Å². The highest BCUT2D eigenvalue weighted by atomic mass is 16.5. The van der Waals surface area contributed by atoms with E-state index in [0.29, 0.717) is 18.1 Å². The molecule has 2 rings (SSSR count). The summed E-state index contributed by atoms with van der Waals surface area (Å²) >= 11 is 0.